The van der Waals surface area contributed by atoms with E-state index in [1.165, 1.54) is 12.3 Å². The Bertz CT molecular complexity index is 269. The van der Waals surface area contributed by atoms with Crippen LogP contribution in [0.3, 0.4) is 0 Å². The number of nitrogens with one attached hydrogen (secondary N) is 1. The molecule has 4 nitrogen and oxygen atoms in total. The van der Waals surface area contributed by atoms with Crippen LogP contribution in [0.4, 0.5) is 5.82 Å². The average molecular weight is 166 g/mol. The zero-order valence-corrected chi connectivity index (χ0v) is 6.74. The van der Waals surface area contributed by atoms with E-state index in [9.17, 15) is 4.79 Å². The first kappa shape index (κ1) is 8.52. The highest BCUT2D eigenvalue weighted by Crippen LogP contribution is 2.03. The molecule has 0 fully saturated rings. The van der Waals surface area contributed by atoms with Gasteiger partial charge in [-0.25, -0.2) is 9.78 Å². The Morgan fingerprint density at radius 1 is 1.67 bits per heavy atom. The molecule has 0 aromatic carbocycles. The molecule has 64 valence electrons. The zero-order valence-electron chi connectivity index (χ0n) is 6.74. The topological polar surface area (TPSA) is 62.2 Å². The molecular weight excluding hydrogens is 156 g/mol. The minimum Gasteiger partial charge on any atom is -0.478 e. The van der Waals surface area contributed by atoms with E-state index in [0.29, 0.717) is 5.82 Å². The lowest BCUT2D eigenvalue weighted by molar-refractivity contribution is 0.0696. The molecule has 12 heavy (non-hydrogen) atoms. The van der Waals surface area contributed by atoms with Gasteiger partial charge in [0.15, 0.2) is 0 Å². The Morgan fingerprint density at radius 3 is 2.83 bits per heavy atom. The number of pyridine rings is 1. The fourth-order valence-corrected chi connectivity index (χ4v) is 0.806. The van der Waals surface area contributed by atoms with E-state index in [-0.39, 0.29) is 5.56 Å². The number of hydrogen-bond donors (Lipinski definition) is 2. The van der Waals surface area contributed by atoms with E-state index in [1.54, 1.807) is 6.07 Å². The van der Waals surface area contributed by atoms with Crippen molar-refractivity contribution in [2.24, 2.45) is 0 Å². The van der Waals surface area contributed by atoms with E-state index in [0.717, 1.165) is 6.54 Å². The van der Waals surface area contributed by atoms with Gasteiger partial charge in [0, 0.05) is 12.7 Å². The molecule has 0 saturated carbocycles. The van der Waals surface area contributed by atoms with Gasteiger partial charge in [-0.3, -0.25) is 0 Å². The number of hydrogen-bond acceptors (Lipinski definition) is 3. The molecule has 0 saturated heterocycles. The van der Waals surface area contributed by atoms with Crippen LogP contribution in [-0.4, -0.2) is 22.6 Å². The monoisotopic (exact) mass is 166 g/mol. The highest BCUT2D eigenvalue weighted by Gasteiger charge is 2.01. The molecule has 0 bridgehead atoms. The number of carbonyl (C=O) groups is 1. The van der Waals surface area contributed by atoms with Crippen LogP contribution in [0.2, 0.25) is 0 Å². The van der Waals surface area contributed by atoms with Crippen LogP contribution < -0.4 is 5.32 Å². The van der Waals surface area contributed by atoms with Crippen molar-refractivity contribution in [1.82, 2.24) is 4.98 Å². The third-order valence-corrected chi connectivity index (χ3v) is 1.37. The fraction of sp³-hybridized carbons (Fsp3) is 0.250. The summed E-state index contributed by atoms with van der Waals surface area (Å²) in [6, 6.07) is 3.17. The summed E-state index contributed by atoms with van der Waals surface area (Å²) in [7, 11) is 0. The minimum atomic E-state index is -0.953. The third-order valence-electron chi connectivity index (χ3n) is 1.37. The Labute approximate surface area is 70.3 Å². The van der Waals surface area contributed by atoms with Gasteiger partial charge in [-0.1, -0.05) is 0 Å². The molecule has 0 spiro atoms. The highest BCUT2D eigenvalue weighted by atomic mass is 16.4. The molecular formula is C8H10N2O2. The minimum absolute atomic E-state index is 0.205. The lowest BCUT2D eigenvalue weighted by Crippen LogP contribution is -2.01. The van der Waals surface area contributed by atoms with Crippen molar-refractivity contribution in [1.29, 1.82) is 0 Å². The number of carboxylic acid groups (broad SMARTS) is 1. The van der Waals surface area contributed by atoms with Gasteiger partial charge in [0.05, 0.1) is 5.56 Å². The maximum absolute atomic E-state index is 10.4. The quantitative estimate of drug-likeness (QED) is 0.708. The summed E-state index contributed by atoms with van der Waals surface area (Å²) in [6.07, 6.45) is 1.33. The molecule has 0 aliphatic rings. The van der Waals surface area contributed by atoms with Gasteiger partial charge in [0.1, 0.15) is 5.82 Å². The maximum atomic E-state index is 10.4. The first-order valence-electron chi connectivity index (χ1n) is 3.67. The summed E-state index contributed by atoms with van der Waals surface area (Å²) in [4.78, 5) is 14.3. The van der Waals surface area contributed by atoms with Crippen molar-refractivity contribution in [2.45, 2.75) is 6.92 Å². The molecule has 0 radical (unpaired) electrons. The molecule has 1 heterocycles. The molecule has 0 amide bonds. The van der Waals surface area contributed by atoms with Gasteiger partial charge in [0.2, 0.25) is 0 Å². The number of aromatic nitrogens is 1. The number of carboxylic acids is 1. The third kappa shape index (κ3) is 1.95. The molecule has 2 N–H and O–H groups in total. The van der Waals surface area contributed by atoms with E-state index < -0.39 is 5.97 Å². The first-order chi connectivity index (χ1) is 5.74. The number of anilines is 1. The van der Waals surface area contributed by atoms with Crippen molar-refractivity contribution in [3.63, 3.8) is 0 Å². The number of nitrogens with zero attached hydrogens (tertiary/aromatic N) is 1. The fourth-order valence-electron chi connectivity index (χ4n) is 0.806. The lowest BCUT2D eigenvalue weighted by atomic mass is 10.3. The summed E-state index contributed by atoms with van der Waals surface area (Å²) in [5.74, 6) is -0.256. The predicted molar refractivity (Wildman–Crippen MR) is 45.4 cm³/mol. The number of rotatable bonds is 3. The highest BCUT2D eigenvalue weighted by molar-refractivity contribution is 5.87. The summed E-state index contributed by atoms with van der Waals surface area (Å²) < 4.78 is 0. The molecule has 0 atom stereocenters. The van der Waals surface area contributed by atoms with Gasteiger partial charge < -0.3 is 10.4 Å². The first-order valence-corrected chi connectivity index (χ1v) is 3.67. The van der Waals surface area contributed by atoms with Crippen molar-refractivity contribution in [3.8, 4) is 0 Å². The van der Waals surface area contributed by atoms with Gasteiger partial charge in [-0.2, -0.15) is 0 Å². The summed E-state index contributed by atoms with van der Waals surface area (Å²) in [6.45, 7) is 2.73. The molecule has 1 aromatic heterocycles. The number of aromatic carboxylic acids is 1. The van der Waals surface area contributed by atoms with Crippen LogP contribution in [0.15, 0.2) is 18.3 Å². The van der Waals surface area contributed by atoms with Crippen LogP contribution in [0, 0.1) is 0 Å². The van der Waals surface area contributed by atoms with Crippen LogP contribution in [-0.2, 0) is 0 Å². The van der Waals surface area contributed by atoms with E-state index in [4.69, 9.17) is 5.11 Å². The summed E-state index contributed by atoms with van der Waals surface area (Å²) in [5, 5.41) is 11.5. The summed E-state index contributed by atoms with van der Waals surface area (Å²) in [5.41, 5.74) is 0.205. The lowest BCUT2D eigenvalue weighted by Gasteiger charge is -2.00. The molecule has 1 rings (SSSR count). The molecule has 1 aromatic rings. The second kappa shape index (κ2) is 3.71. The predicted octanol–water partition coefficient (Wildman–Crippen LogP) is 1.21. The molecule has 4 heteroatoms. The van der Waals surface area contributed by atoms with Crippen LogP contribution in [0.1, 0.15) is 17.3 Å². The molecule has 0 aliphatic heterocycles. The SMILES string of the molecule is CCNc1ccc(C(=O)O)cn1. The molecule has 0 aliphatic carbocycles. The van der Waals surface area contributed by atoms with Gasteiger partial charge >= 0.3 is 5.97 Å². The van der Waals surface area contributed by atoms with Crippen molar-refractivity contribution < 1.29 is 9.90 Å². The average Bonchev–Trinajstić information content (AvgIpc) is 2.06. The maximum Gasteiger partial charge on any atom is 0.337 e. The van der Waals surface area contributed by atoms with Crippen molar-refractivity contribution >= 4 is 11.8 Å². The Kier molecular flexibility index (Phi) is 2.63. The largest absolute Gasteiger partial charge is 0.478 e. The normalized spacial score (nSPS) is 9.42. The second-order valence-electron chi connectivity index (χ2n) is 2.27. The van der Waals surface area contributed by atoms with Crippen molar-refractivity contribution in [2.75, 3.05) is 11.9 Å². The van der Waals surface area contributed by atoms with Gasteiger partial charge in [-0.05, 0) is 19.1 Å². The van der Waals surface area contributed by atoms with Gasteiger partial charge in [0.25, 0.3) is 0 Å². The van der Waals surface area contributed by atoms with Crippen molar-refractivity contribution in [3.05, 3.63) is 23.9 Å². The van der Waals surface area contributed by atoms with E-state index >= 15 is 0 Å². The zero-order chi connectivity index (χ0) is 8.97. The van der Waals surface area contributed by atoms with E-state index in [1.807, 2.05) is 6.92 Å². The van der Waals surface area contributed by atoms with E-state index in [2.05, 4.69) is 10.3 Å². The van der Waals surface area contributed by atoms with Gasteiger partial charge in [-0.15, -0.1) is 0 Å². The smallest absolute Gasteiger partial charge is 0.337 e. The Hall–Kier alpha value is -1.58. The van der Waals surface area contributed by atoms with Crippen LogP contribution >= 0.6 is 0 Å². The van der Waals surface area contributed by atoms with Crippen LogP contribution in [0.5, 0.6) is 0 Å². The van der Waals surface area contributed by atoms with Crippen LogP contribution in [0.25, 0.3) is 0 Å². The molecule has 0 unspecified atom stereocenters. The standard InChI is InChI=1S/C8H10N2O2/c1-2-9-7-4-3-6(5-10-7)8(11)12/h3-5H,2H2,1H3,(H,9,10)(H,11,12). The second-order valence-corrected chi connectivity index (χ2v) is 2.27. The summed E-state index contributed by atoms with van der Waals surface area (Å²) >= 11 is 0. The Balaban J connectivity index is 2.78. The Morgan fingerprint density at radius 2 is 2.42 bits per heavy atom.